The van der Waals surface area contributed by atoms with E-state index >= 15 is 0 Å². The smallest absolute Gasteiger partial charge is 0.191 e. The van der Waals surface area contributed by atoms with Crippen LogP contribution in [0.3, 0.4) is 0 Å². The quantitative estimate of drug-likeness (QED) is 0.219. The highest BCUT2D eigenvalue weighted by Gasteiger charge is 2.14. The Morgan fingerprint density at radius 2 is 1.61 bits per heavy atom. The van der Waals surface area contributed by atoms with E-state index in [-0.39, 0.29) is 24.0 Å². The summed E-state index contributed by atoms with van der Waals surface area (Å²) in [4.78, 5) is 9.18. The lowest BCUT2D eigenvalue weighted by atomic mass is 10.3. The van der Waals surface area contributed by atoms with E-state index in [4.69, 9.17) is 39.5 Å². The number of hydrogen-bond donors (Lipinski definition) is 2. The highest BCUT2D eigenvalue weighted by Crippen LogP contribution is 2.35. The van der Waals surface area contributed by atoms with Crippen molar-refractivity contribution < 1.29 is 4.74 Å². The van der Waals surface area contributed by atoms with Crippen molar-refractivity contribution >= 4 is 64.7 Å². The van der Waals surface area contributed by atoms with Gasteiger partial charge in [-0.25, -0.2) is 0 Å². The third kappa shape index (κ3) is 8.67. The highest BCUT2D eigenvalue weighted by molar-refractivity contribution is 14.0. The summed E-state index contributed by atoms with van der Waals surface area (Å²) in [7, 11) is 1.75. The number of nitrogens with zero attached hydrogens (tertiary/aromatic N) is 3. The van der Waals surface area contributed by atoms with E-state index in [1.165, 1.54) is 0 Å². The van der Waals surface area contributed by atoms with E-state index in [0.717, 1.165) is 51.8 Å². The summed E-state index contributed by atoms with van der Waals surface area (Å²) in [5.41, 5.74) is 0. The molecule has 0 bridgehead atoms. The van der Waals surface area contributed by atoms with Crippen molar-refractivity contribution in [2.24, 2.45) is 4.99 Å². The minimum atomic E-state index is 0. The molecule has 0 radical (unpaired) electrons. The number of piperazine rings is 1. The number of aliphatic imine (C=N–C) groups is 1. The Morgan fingerprint density at radius 3 is 2.18 bits per heavy atom. The van der Waals surface area contributed by atoms with Crippen molar-refractivity contribution in [3.8, 4) is 5.75 Å². The summed E-state index contributed by atoms with van der Waals surface area (Å²) in [5, 5.41) is 7.83. The molecule has 1 aromatic rings. The van der Waals surface area contributed by atoms with E-state index in [9.17, 15) is 0 Å². The van der Waals surface area contributed by atoms with Gasteiger partial charge in [0.15, 0.2) is 11.7 Å². The molecule has 0 atom stereocenters. The number of ether oxygens (including phenoxy) is 1. The summed E-state index contributed by atoms with van der Waals surface area (Å²) < 4.78 is 5.66. The lowest BCUT2D eigenvalue weighted by molar-refractivity contribution is 0.139. The van der Waals surface area contributed by atoms with Gasteiger partial charge in [-0.3, -0.25) is 9.89 Å². The fourth-order valence-electron chi connectivity index (χ4n) is 2.87. The van der Waals surface area contributed by atoms with Crippen molar-refractivity contribution in [3.05, 3.63) is 27.2 Å². The zero-order valence-corrected chi connectivity index (χ0v) is 20.9. The first-order valence-corrected chi connectivity index (χ1v) is 10.3. The van der Waals surface area contributed by atoms with Gasteiger partial charge in [0, 0.05) is 51.3 Å². The molecular weight excluding hydrogens is 535 g/mol. The predicted octanol–water partition coefficient (Wildman–Crippen LogP) is 3.45. The van der Waals surface area contributed by atoms with Crippen LogP contribution >= 0.6 is 58.8 Å². The van der Waals surface area contributed by atoms with Gasteiger partial charge < -0.3 is 20.3 Å². The van der Waals surface area contributed by atoms with Gasteiger partial charge in [0.2, 0.25) is 0 Å². The van der Waals surface area contributed by atoms with E-state index in [2.05, 4.69) is 32.3 Å². The molecule has 10 heteroatoms. The normalized spacial score (nSPS) is 15.8. The molecule has 1 fully saturated rings. The maximum Gasteiger partial charge on any atom is 0.191 e. The summed E-state index contributed by atoms with van der Waals surface area (Å²) in [6, 6.07) is 3.22. The Bertz CT molecular complexity index is 604. The molecule has 0 aliphatic carbocycles. The number of halogens is 4. The first kappa shape index (κ1) is 25.8. The van der Waals surface area contributed by atoms with Crippen LogP contribution in [0.2, 0.25) is 15.1 Å². The van der Waals surface area contributed by atoms with Gasteiger partial charge in [-0.05, 0) is 18.7 Å². The van der Waals surface area contributed by atoms with Crippen molar-refractivity contribution in [1.29, 1.82) is 0 Å². The van der Waals surface area contributed by atoms with Crippen LogP contribution in [0.5, 0.6) is 5.75 Å². The highest BCUT2D eigenvalue weighted by atomic mass is 127. The van der Waals surface area contributed by atoms with Gasteiger partial charge in [-0.2, -0.15) is 0 Å². The topological polar surface area (TPSA) is 52.1 Å². The van der Waals surface area contributed by atoms with E-state index in [1.807, 2.05) is 0 Å². The summed E-state index contributed by atoms with van der Waals surface area (Å²) in [6.07, 6.45) is 0. The first-order valence-electron chi connectivity index (χ1n) is 9.20. The Hall–Kier alpha value is -0.190. The largest absolute Gasteiger partial charge is 0.489 e. The van der Waals surface area contributed by atoms with Crippen LogP contribution in [-0.2, 0) is 0 Å². The second-order valence-electron chi connectivity index (χ2n) is 6.25. The molecule has 1 heterocycles. The second kappa shape index (κ2) is 13.9. The van der Waals surface area contributed by atoms with Crippen molar-refractivity contribution in [2.75, 3.05) is 66.0 Å². The molecule has 0 unspecified atom stereocenters. The zero-order valence-electron chi connectivity index (χ0n) is 16.3. The van der Waals surface area contributed by atoms with Gasteiger partial charge >= 0.3 is 0 Å². The Balaban J connectivity index is 0.00000392. The minimum absolute atomic E-state index is 0. The molecule has 28 heavy (non-hydrogen) atoms. The number of likely N-dealkylation sites (N-methyl/N-ethyl adjacent to an activating group) is 1. The summed E-state index contributed by atoms with van der Waals surface area (Å²) in [6.45, 7) is 10.7. The van der Waals surface area contributed by atoms with Crippen LogP contribution in [0.15, 0.2) is 17.1 Å². The summed E-state index contributed by atoms with van der Waals surface area (Å²) in [5.74, 6) is 1.19. The van der Waals surface area contributed by atoms with Gasteiger partial charge in [0.05, 0.1) is 16.6 Å². The van der Waals surface area contributed by atoms with Crippen LogP contribution in [0.25, 0.3) is 0 Å². The monoisotopic (exact) mass is 563 g/mol. The molecule has 2 rings (SSSR count). The second-order valence-corrected chi connectivity index (χ2v) is 7.50. The van der Waals surface area contributed by atoms with Gasteiger partial charge in [0.25, 0.3) is 0 Å². The average Bonchev–Trinajstić information content (AvgIpc) is 2.65. The number of rotatable bonds is 8. The SMILES string of the molecule is CCN1CCN(CCNC(=NC)NCCOc2c(Cl)cc(Cl)cc2Cl)CC1.I. The molecule has 1 aromatic carbocycles. The maximum atomic E-state index is 6.11. The van der Waals surface area contributed by atoms with Crippen molar-refractivity contribution in [3.63, 3.8) is 0 Å². The molecule has 0 spiro atoms. The molecule has 2 N–H and O–H groups in total. The Kier molecular flexibility index (Phi) is 12.9. The fraction of sp³-hybridized carbons (Fsp3) is 0.611. The van der Waals surface area contributed by atoms with Crippen LogP contribution in [-0.4, -0.2) is 81.8 Å². The molecular formula is C18H29Cl3IN5O. The zero-order chi connectivity index (χ0) is 19.6. The van der Waals surface area contributed by atoms with Crippen LogP contribution < -0.4 is 15.4 Å². The van der Waals surface area contributed by atoms with Gasteiger partial charge in [-0.1, -0.05) is 41.7 Å². The number of nitrogens with one attached hydrogen (secondary N) is 2. The standard InChI is InChI=1S/C18H28Cl3N5O.HI/c1-3-25-7-9-26(10-8-25)6-4-23-18(22-2)24-5-11-27-17-15(20)12-14(19)13-16(17)21;/h12-13H,3-11H2,1-2H3,(H2,22,23,24);1H. The van der Waals surface area contributed by atoms with Crippen molar-refractivity contribution in [1.82, 2.24) is 20.4 Å². The van der Waals surface area contributed by atoms with E-state index < -0.39 is 0 Å². The third-order valence-electron chi connectivity index (χ3n) is 4.46. The molecule has 1 aliphatic rings. The van der Waals surface area contributed by atoms with Crippen LogP contribution in [0.4, 0.5) is 0 Å². The molecule has 160 valence electrons. The lowest BCUT2D eigenvalue weighted by Crippen LogP contribution is -2.49. The van der Waals surface area contributed by atoms with Gasteiger partial charge in [-0.15, -0.1) is 24.0 Å². The maximum absolute atomic E-state index is 6.11. The fourth-order valence-corrected chi connectivity index (χ4v) is 3.80. The predicted molar refractivity (Wildman–Crippen MR) is 130 cm³/mol. The Labute approximate surface area is 199 Å². The number of guanidine groups is 1. The molecule has 0 aromatic heterocycles. The van der Waals surface area contributed by atoms with Crippen LogP contribution in [0.1, 0.15) is 6.92 Å². The van der Waals surface area contributed by atoms with Gasteiger partial charge in [0.1, 0.15) is 6.61 Å². The molecule has 1 aliphatic heterocycles. The molecule has 1 saturated heterocycles. The number of benzene rings is 1. The van der Waals surface area contributed by atoms with E-state index in [0.29, 0.717) is 34.0 Å². The third-order valence-corrected chi connectivity index (χ3v) is 5.24. The molecule has 0 amide bonds. The first-order chi connectivity index (χ1) is 13.0. The molecule has 6 nitrogen and oxygen atoms in total. The summed E-state index contributed by atoms with van der Waals surface area (Å²) >= 11 is 18.1. The Morgan fingerprint density at radius 1 is 1.04 bits per heavy atom. The molecule has 0 saturated carbocycles. The number of hydrogen-bond acceptors (Lipinski definition) is 4. The average molecular weight is 565 g/mol. The minimum Gasteiger partial charge on any atom is -0.489 e. The van der Waals surface area contributed by atoms with Crippen LogP contribution in [0, 0.1) is 0 Å². The van der Waals surface area contributed by atoms with E-state index in [1.54, 1.807) is 19.2 Å². The van der Waals surface area contributed by atoms with Crippen molar-refractivity contribution in [2.45, 2.75) is 6.92 Å². The lowest BCUT2D eigenvalue weighted by Gasteiger charge is -2.34.